The number of anilines is 1. The van der Waals surface area contributed by atoms with E-state index in [2.05, 4.69) is 15.6 Å². The second-order valence-electron chi connectivity index (χ2n) is 3.99. The number of hydrogen-bond acceptors (Lipinski definition) is 4. The molecule has 9 heteroatoms. The van der Waals surface area contributed by atoms with Crippen molar-refractivity contribution in [3.8, 4) is 0 Å². The molecule has 0 aromatic carbocycles. The maximum Gasteiger partial charge on any atom is 0.397 e. The van der Waals surface area contributed by atoms with Crippen molar-refractivity contribution >= 4 is 28.3 Å². The van der Waals surface area contributed by atoms with Crippen molar-refractivity contribution in [2.24, 2.45) is 0 Å². The van der Waals surface area contributed by atoms with E-state index in [1.807, 2.05) is 0 Å². The fraction of sp³-hybridized carbons (Fsp3) is 0.500. The highest BCUT2D eigenvalue weighted by atomic mass is 32.1. The van der Waals surface area contributed by atoms with Crippen molar-refractivity contribution in [1.82, 2.24) is 10.3 Å². The van der Waals surface area contributed by atoms with E-state index >= 15 is 0 Å². The van der Waals surface area contributed by atoms with Crippen LogP contribution >= 0.6 is 11.3 Å². The summed E-state index contributed by atoms with van der Waals surface area (Å²) in [5, 5.41) is 4.73. The van der Waals surface area contributed by atoms with Gasteiger partial charge in [0.25, 0.3) is 5.91 Å². The molecule has 104 valence electrons. The number of halogens is 3. The zero-order chi connectivity index (χ0) is 14.0. The van der Waals surface area contributed by atoms with E-state index in [-0.39, 0.29) is 11.0 Å². The number of aryl methyl sites for hydroxylation is 1. The van der Waals surface area contributed by atoms with Gasteiger partial charge in [0.15, 0.2) is 5.13 Å². The summed E-state index contributed by atoms with van der Waals surface area (Å²) in [7, 11) is 0. The standard InChI is InChI=1S/C10H10F3N3O2S/c11-10(12,13)4-6(17)16-9-15-5-2-1-3-14-8(18)7(5)19-9/h1-4H2,(H,14,18)(H,15,16,17). The Kier molecular flexibility index (Phi) is 3.74. The van der Waals surface area contributed by atoms with Gasteiger partial charge in [0.05, 0.1) is 5.69 Å². The first kappa shape index (κ1) is 13.8. The molecule has 0 radical (unpaired) electrons. The topological polar surface area (TPSA) is 71.1 Å². The van der Waals surface area contributed by atoms with Gasteiger partial charge in [0.2, 0.25) is 5.91 Å². The number of aromatic nitrogens is 1. The molecule has 1 aromatic rings. The molecule has 1 aliphatic heterocycles. The molecule has 0 atom stereocenters. The van der Waals surface area contributed by atoms with Gasteiger partial charge in [-0.25, -0.2) is 4.98 Å². The van der Waals surface area contributed by atoms with Gasteiger partial charge in [-0.3, -0.25) is 9.59 Å². The smallest absolute Gasteiger partial charge is 0.351 e. The molecule has 0 aliphatic carbocycles. The molecular formula is C10H10F3N3O2S. The lowest BCUT2D eigenvalue weighted by atomic mass is 10.2. The second-order valence-corrected chi connectivity index (χ2v) is 4.99. The minimum absolute atomic E-state index is 0.0244. The summed E-state index contributed by atoms with van der Waals surface area (Å²) >= 11 is 0.889. The van der Waals surface area contributed by atoms with Gasteiger partial charge in [-0.2, -0.15) is 13.2 Å². The van der Waals surface area contributed by atoms with E-state index in [0.29, 0.717) is 30.0 Å². The number of carbonyl (C=O) groups is 2. The Morgan fingerprint density at radius 1 is 1.47 bits per heavy atom. The maximum absolute atomic E-state index is 12.0. The Morgan fingerprint density at radius 3 is 2.89 bits per heavy atom. The highest BCUT2D eigenvalue weighted by molar-refractivity contribution is 7.17. The normalized spacial score (nSPS) is 15.4. The van der Waals surface area contributed by atoms with Crippen molar-refractivity contribution in [1.29, 1.82) is 0 Å². The van der Waals surface area contributed by atoms with E-state index in [4.69, 9.17) is 0 Å². The van der Waals surface area contributed by atoms with Crippen molar-refractivity contribution < 1.29 is 22.8 Å². The third-order valence-corrected chi connectivity index (χ3v) is 3.40. The molecule has 2 heterocycles. The Labute approximate surface area is 110 Å². The lowest BCUT2D eigenvalue weighted by Gasteiger charge is -2.05. The summed E-state index contributed by atoms with van der Waals surface area (Å²) in [6, 6.07) is 0. The molecule has 0 bridgehead atoms. The van der Waals surface area contributed by atoms with E-state index in [1.165, 1.54) is 0 Å². The first-order chi connectivity index (χ1) is 8.85. The third kappa shape index (κ3) is 3.66. The van der Waals surface area contributed by atoms with Crippen LogP contribution in [-0.4, -0.2) is 29.5 Å². The summed E-state index contributed by atoms with van der Waals surface area (Å²) < 4.78 is 36.0. The lowest BCUT2D eigenvalue weighted by molar-refractivity contribution is -0.150. The zero-order valence-electron chi connectivity index (χ0n) is 9.63. The molecule has 0 unspecified atom stereocenters. The van der Waals surface area contributed by atoms with Gasteiger partial charge in [-0.05, 0) is 12.8 Å². The Hall–Kier alpha value is -1.64. The van der Waals surface area contributed by atoms with E-state index < -0.39 is 18.5 Å². The number of carbonyl (C=O) groups excluding carboxylic acids is 2. The predicted octanol–water partition coefficient (Wildman–Crippen LogP) is 1.71. The fourth-order valence-electron chi connectivity index (χ4n) is 1.64. The fourth-order valence-corrected chi connectivity index (χ4v) is 2.58. The minimum atomic E-state index is -4.56. The first-order valence-corrected chi connectivity index (χ1v) is 6.31. The first-order valence-electron chi connectivity index (χ1n) is 5.49. The van der Waals surface area contributed by atoms with Gasteiger partial charge in [-0.1, -0.05) is 11.3 Å². The van der Waals surface area contributed by atoms with Crippen LogP contribution in [0.3, 0.4) is 0 Å². The van der Waals surface area contributed by atoms with E-state index in [0.717, 1.165) is 11.3 Å². The molecule has 0 saturated carbocycles. The van der Waals surface area contributed by atoms with Gasteiger partial charge >= 0.3 is 6.18 Å². The largest absolute Gasteiger partial charge is 0.397 e. The van der Waals surface area contributed by atoms with Gasteiger partial charge in [0.1, 0.15) is 11.3 Å². The van der Waals surface area contributed by atoms with Crippen molar-refractivity contribution in [2.45, 2.75) is 25.4 Å². The zero-order valence-corrected chi connectivity index (χ0v) is 10.5. The number of hydrogen-bond donors (Lipinski definition) is 2. The molecule has 0 spiro atoms. The molecule has 19 heavy (non-hydrogen) atoms. The molecule has 1 aromatic heterocycles. The summed E-state index contributed by atoms with van der Waals surface area (Å²) in [6.07, 6.45) is -4.86. The van der Waals surface area contributed by atoms with Crippen LogP contribution in [0.1, 0.15) is 28.2 Å². The number of fused-ring (bicyclic) bond motifs is 1. The molecular weight excluding hydrogens is 283 g/mol. The van der Waals surface area contributed by atoms with Gasteiger partial charge in [0, 0.05) is 6.54 Å². The lowest BCUT2D eigenvalue weighted by Crippen LogP contribution is -2.22. The quantitative estimate of drug-likeness (QED) is 0.872. The molecule has 1 aliphatic rings. The van der Waals surface area contributed by atoms with Crippen LogP contribution in [0.5, 0.6) is 0 Å². The van der Waals surface area contributed by atoms with Gasteiger partial charge < -0.3 is 10.6 Å². The summed E-state index contributed by atoms with van der Waals surface area (Å²) in [5.74, 6) is -1.49. The molecule has 2 N–H and O–H groups in total. The highest BCUT2D eigenvalue weighted by Gasteiger charge is 2.32. The third-order valence-electron chi connectivity index (χ3n) is 2.39. The minimum Gasteiger partial charge on any atom is -0.351 e. The second kappa shape index (κ2) is 5.16. The molecule has 2 rings (SSSR count). The van der Waals surface area contributed by atoms with Crippen LogP contribution in [0.2, 0.25) is 0 Å². The van der Waals surface area contributed by atoms with Crippen molar-refractivity contribution in [2.75, 3.05) is 11.9 Å². The highest BCUT2D eigenvalue weighted by Crippen LogP contribution is 2.26. The van der Waals surface area contributed by atoms with E-state index in [9.17, 15) is 22.8 Å². The number of nitrogens with zero attached hydrogens (tertiary/aromatic N) is 1. The maximum atomic E-state index is 12.0. The number of rotatable bonds is 2. The van der Waals surface area contributed by atoms with E-state index in [1.54, 1.807) is 0 Å². The van der Waals surface area contributed by atoms with Gasteiger partial charge in [-0.15, -0.1) is 0 Å². The monoisotopic (exact) mass is 293 g/mol. The van der Waals surface area contributed by atoms with Crippen LogP contribution in [0.15, 0.2) is 0 Å². The Morgan fingerprint density at radius 2 is 2.21 bits per heavy atom. The summed E-state index contributed by atoms with van der Waals surface area (Å²) in [4.78, 5) is 27.1. The summed E-state index contributed by atoms with van der Waals surface area (Å²) in [5.41, 5.74) is 0.516. The van der Waals surface area contributed by atoms with Crippen LogP contribution < -0.4 is 10.6 Å². The molecule has 2 amide bonds. The number of amides is 2. The molecule has 5 nitrogen and oxygen atoms in total. The van der Waals surface area contributed by atoms with Crippen LogP contribution in [0.25, 0.3) is 0 Å². The Bertz CT molecular complexity index is 513. The van der Waals surface area contributed by atoms with Crippen LogP contribution in [0.4, 0.5) is 18.3 Å². The van der Waals surface area contributed by atoms with Crippen molar-refractivity contribution in [3.05, 3.63) is 10.6 Å². The predicted molar refractivity (Wildman–Crippen MR) is 62.1 cm³/mol. The average molecular weight is 293 g/mol. The van der Waals surface area contributed by atoms with Crippen molar-refractivity contribution in [3.63, 3.8) is 0 Å². The number of thiazole rings is 1. The average Bonchev–Trinajstić information content (AvgIpc) is 2.57. The number of alkyl halides is 3. The number of nitrogens with one attached hydrogen (secondary N) is 2. The van der Waals surface area contributed by atoms with Crippen LogP contribution in [-0.2, 0) is 11.2 Å². The Balaban J connectivity index is 2.09. The molecule has 0 fully saturated rings. The molecule has 0 saturated heterocycles. The summed E-state index contributed by atoms with van der Waals surface area (Å²) in [6.45, 7) is 0.539. The van der Waals surface area contributed by atoms with Crippen LogP contribution in [0, 0.1) is 0 Å². The SMILES string of the molecule is O=C(CC(F)(F)F)Nc1nc2c(s1)C(=O)NCCC2.